The Kier molecular flexibility index (Phi) is 5.88. The number of hydrogen-bond donors (Lipinski definition) is 3. The van der Waals surface area contributed by atoms with Gasteiger partial charge in [-0.15, -0.1) is 0 Å². The number of aliphatic carboxylic acids is 1. The number of carbonyl (C=O) groups is 2. The van der Waals surface area contributed by atoms with Crippen molar-refractivity contribution in [3.05, 3.63) is 0 Å². The highest BCUT2D eigenvalue weighted by Gasteiger charge is 2.09. The third-order valence-electron chi connectivity index (χ3n) is 1.55. The molecule has 0 saturated carbocycles. The van der Waals surface area contributed by atoms with Crippen molar-refractivity contribution in [1.82, 2.24) is 10.6 Å². The second-order valence-electron chi connectivity index (χ2n) is 2.72. The summed E-state index contributed by atoms with van der Waals surface area (Å²) in [5, 5.41) is 13.8. The molecule has 0 aromatic heterocycles. The third-order valence-corrected chi connectivity index (χ3v) is 1.55. The van der Waals surface area contributed by atoms with Crippen molar-refractivity contribution in [2.45, 2.75) is 26.3 Å². The van der Waals surface area contributed by atoms with E-state index in [1.54, 1.807) is 6.92 Å². The van der Waals surface area contributed by atoms with Crippen molar-refractivity contribution in [2.75, 3.05) is 13.1 Å². The fraction of sp³-hybridized carbons (Fsp3) is 0.750. The van der Waals surface area contributed by atoms with E-state index >= 15 is 0 Å². The Balaban J connectivity index is 3.44. The van der Waals surface area contributed by atoms with Crippen LogP contribution < -0.4 is 10.6 Å². The number of amides is 1. The summed E-state index contributed by atoms with van der Waals surface area (Å²) in [6, 6.07) is -0.602. The first-order valence-corrected chi connectivity index (χ1v) is 4.30. The van der Waals surface area contributed by atoms with Gasteiger partial charge in [0.05, 0.1) is 0 Å². The van der Waals surface area contributed by atoms with Crippen LogP contribution >= 0.6 is 0 Å². The quantitative estimate of drug-likeness (QED) is 0.529. The fourth-order valence-electron chi connectivity index (χ4n) is 0.775. The van der Waals surface area contributed by atoms with Crippen LogP contribution in [0.1, 0.15) is 20.3 Å². The van der Waals surface area contributed by atoms with Crippen molar-refractivity contribution < 1.29 is 14.7 Å². The van der Waals surface area contributed by atoms with E-state index in [1.165, 1.54) is 0 Å². The van der Waals surface area contributed by atoms with E-state index in [9.17, 15) is 9.59 Å². The Morgan fingerprint density at radius 1 is 1.46 bits per heavy atom. The predicted octanol–water partition coefficient (Wildman–Crippen LogP) is -0.425. The van der Waals surface area contributed by atoms with E-state index in [0.29, 0.717) is 19.5 Å². The van der Waals surface area contributed by atoms with Gasteiger partial charge in [0.25, 0.3) is 0 Å². The summed E-state index contributed by atoms with van der Waals surface area (Å²) in [6.07, 6.45) is 0.311. The molecule has 5 nitrogen and oxygen atoms in total. The van der Waals surface area contributed by atoms with Crippen LogP contribution in [0.15, 0.2) is 0 Å². The molecule has 13 heavy (non-hydrogen) atoms. The maximum absolute atomic E-state index is 10.9. The lowest BCUT2D eigenvalue weighted by atomic mass is 10.3. The highest BCUT2D eigenvalue weighted by Crippen LogP contribution is 1.83. The Labute approximate surface area is 77.5 Å². The first kappa shape index (κ1) is 11.9. The predicted molar refractivity (Wildman–Crippen MR) is 48.4 cm³/mol. The van der Waals surface area contributed by atoms with Crippen LogP contribution in [-0.4, -0.2) is 36.1 Å². The lowest BCUT2D eigenvalue weighted by Gasteiger charge is -2.08. The first-order valence-electron chi connectivity index (χ1n) is 4.30. The first-order chi connectivity index (χ1) is 6.07. The smallest absolute Gasteiger partial charge is 0.320 e. The Hall–Kier alpha value is -1.10. The summed E-state index contributed by atoms with van der Waals surface area (Å²) in [7, 11) is 0. The van der Waals surface area contributed by atoms with Crippen molar-refractivity contribution >= 4 is 11.9 Å². The Morgan fingerprint density at radius 2 is 2.08 bits per heavy atom. The summed E-state index contributed by atoms with van der Waals surface area (Å²) in [5.41, 5.74) is 0. The Morgan fingerprint density at radius 3 is 2.54 bits per heavy atom. The average Bonchev–Trinajstić information content (AvgIpc) is 2.04. The lowest BCUT2D eigenvalue weighted by Crippen LogP contribution is -2.36. The van der Waals surface area contributed by atoms with Gasteiger partial charge in [0, 0.05) is 19.5 Å². The summed E-state index contributed by atoms with van der Waals surface area (Å²) in [5.74, 6) is -0.969. The monoisotopic (exact) mass is 188 g/mol. The van der Waals surface area contributed by atoms with Crippen LogP contribution in [0.4, 0.5) is 0 Å². The SMILES string of the molecule is CCNC(=O)CCNC(C)C(=O)O. The molecule has 1 atom stereocenters. The highest BCUT2D eigenvalue weighted by molar-refractivity contribution is 5.76. The molecule has 0 saturated heterocycles. The van der Waals surface area contributed by atoms with Crippen molar-refractivity contribution in [3.63, 3.8) is 0 Å². The zero-order valence-electron chi connectivity index (χ0n) is 7.96. The van der Waals surface area contributed by atoms with E-state index in [1.807, 2.05) is 6.92 Å². The topological polar surface area (TPSA) is 78.4 Å². The number of rotatable bonds is 6. The molecular weight excluding hydrogens is 172 g/mol. The molecule has 0 aliphatic heterocycles. The van der Waals surface area contributed by atoms with E-state index in [0.717, 1.165) is 0 Å². The zero-order valence-corrected chi connectivity index (χ0v) is 7.96. The molecule has 0 aliphatic carbocycles. The molecule has 0 radical (unpaired) electrons. The van der Waals surface area contributed by atoms with Gasteiger partial charge in [-0.05, 0) is 13.8 Å². The van der Waals surface area contributed by atoms with Gasteiger partial charge < -0.3 is 15.7 Å². The van der Waals surface area contributed by atoms with Gasteiger partial charge in [-0.25, -0.2) is 0 Å². The van der Waals surface area contributed by atoms with Crippen LogP contribution in [-0.2, 0) is 9.59 Å². The minimum Gasteiger partial charge on any atom is -0.480 e. The van der Waals surface area contributed by atoms with Crippen molar-refractivity contribution in [1.29, 1.82) is 0 Å². The van der Waals surface area contributed by atoms with Gasteiger partial charge in [-0.1, -0.05) is 0 Å². The number of hydrogen-bond acceptors (Lipinski definition) is 3. The van der Waals surface area contributed by atoms with Crippen molar-refractivity contribution in [2.24, 2.45) is 0 Å². The van der Waals surface area contributed by atoms with Gasteiger partial charge in [-0.3, -0.25) is 9.59 Å². The van der Waals surface area contributed by atoms with E-state index in [4.69, 9.17) is 5.11 Å². The van der Waals surface area contributed by atoms with Crippen LogP contribution in [0.3, 0.4) is 0 Å². The largest absolute Gasteiger partial charge is 0.480 e. The fourth-order valence-corrected chi connectivity index (χ4v) is 0.775. The number of carboxylic acids is 1. The maximum atomic E-state index is 10.9. The molecule has 1 unspecified atom stereocenters. The molecular formula is C8H16N2O3. The minimum atomic E-state index is -0.907. The molecule has 1 amide bonds. The van der Waals surface area contributed by atoms with Crippen LogP contribution in [0.2, 0.25) is 0 Å². The summed E-state index contributed by atoms with van der Waals surface area (Å²) < 4.78 is 0. The van der Waals surface area contributed by atoms with Crippen LogP contribution in [0.5, 0.6) is 0 Å². The minimum absolute atomic E-state index is 0.0624. The highest BCUT2D eigenvalue weighted by atomic mass is 16.4. The Bertz CT molecular complexity index is 182. The normalized spacial score (nSPS) is 12.2. The molecule has 5 heteroatoms. The molecule has 0 rings (SSSR count). The van der Waals surface area contributed by atoms with E-state index < -0.39 is 12.0 Å². The van der Waals surface area contributed by atoms with Gasteiger partial charge >= 0.3 is 5.97 Å². The second kappa shape index (κ2) is 6.42. The second-order valence-corrected chi connectivity index (χ2v) is 2.72. The van der Waals surface area contributed by atoms with Gasteiger partial charge in [0.1, 0.15) is 6.04 Å². The summed E-state index contributed by atoms with van der Waals surface area (Å²) in [6.45, 7) is 4.37. The third kappa shape index (κ3) is 6.10. The molecule has 0 aromatic carbocycles. The molecule has 0 spiro atoms. The molecule has 0 heterocycles. The average molecular weight is 188 g/mol. The van der Waals surface area contributed by atoms with Crippen LogP contribution in [0, 0.1) is 0 Å². The molecule has 0 bridgehead atoms. The number of carbonyl (C=O) groups excluding carboxylic acids is 1. The van der Waals surface area contributed by atoms with E-state index in [2.05, 4.69) is 10.6 Å². The van der Waals surface area contributed by atoms with E-state index in [-0.39, 0.29) is 5.91 Å². The maximum Gasteiger partial charge on any atom is 0.320 e. The lowest BCUT2D eigenvalue weighted by molar-refractivity contribution is -0.139. The number of carboxylic acid groups (broad SMARTS) is 1. The van der Waals surface area contributed by atoms with Gasteiger partial charge in [0.15, 0.2) is 0 Å². The molecule has 3 N–H and O–H groups in total. The molecule has 0 aliphatic rings. The molecule has 0 fully saturated rings. The van der Waals surface area contributed by atoms with Gasteiger partial charge in [0.2, 0.25) is 5.91 Å². The van der Waals surface area contributed by atoms with Gasteiger partial charge in [-0.2, -0.15) is 0 Å². The standard InChI is InChI=1S/C8H16N2O3/c1-3-9-7(11)4-5-10-6(2)8(12)13/h6,10H,3-5H2,1-2H3,(H,9,11)(H,12,13). The molecule has 76 valence electrons. The zero-order chi connectivity index (χ0) is 10.3. The molecule has 0 aromatic rings. The summed E-state index contributed by atoms with van der Waals surface area (Å²) >= 11 is 0. The van der Waals surface area contributed by atoms with Crippen LogP contribution in [0.25, 0.3) is 0 Å². The van der Waals surface area contributed by atoms with Crippen molar-refractivity contribution in [3.8, 4) is 0 Å². The summed E-state index contributed by atoms with van der Waals surface area (Å²) in [4.78, 5) is 21.2. The number of nitrogens with one attached hydrogen (secondary N) is 2.